The first-order valence-corrected chi connectivity index (χ1v) is 17.5. The van der Waals surface area contributed by atoms with E-state index >= 15 is 4.39 Å². The highest BCUT2D eigenvalue weighted by molar-refractivity contribution is 6.32. The quantitative estimate of drug-likeness (QED) is 0.138. The number of halogens is 9. The third kappa shape index (κ3) is 8.83. The first-order valence-electron chi connectivity index (χ1n) is 17.1. The Morgan fingerprint density at radius 2 is 1.70 bits per heavy atom. The van der Waals surface area contributed by atoms with Gasteiger partial charge in [-0.1, -0.05) is 11.6 Å². The summed E-state index contributed by atoms with van der Waals surface area (Å²) in [5.74, 6) is -5.64. The fourth-order valence-electron chi connectivity index (χ4n) is 7.14. The largest absolute Gasteiger partial charge is 0.490 e. The van der Waals surface area contributed by atoms with Gasteiger partial charge in [0, 0.05) is 47.2 Å². The number of nitrogens with zero attached hydrogens (tertiary/aromatic N) is 6. The van der Waals surface area contributed by atoms with Crippen LogP contribution in [-0.4, -0.2) is 127 Å². The molecule has 2 atom stereocenters. The van der Waals surface area contributed by atoms with Crippen LogP contribution in [0.1, 0.15) is 44.1 Å². The van der Waals surface area contributed by atoms with E-state index in [9.17, 15) is 30.7 Å². The third-order valence-corrected chi connectivity index (χ3v) is 10.8. The molecular formula is C34H37ClF8N8O5. The van der Waals surface area contributed by atoms with Crippen LogP contribution in [0.2, 0.25) is 5.02 Å². The van der Waals surface area contributed by atoms with Crippen LogP contribution in [0.5, 0.6) is 6.01 Å². The average molecular weight is 825 g/mol. The molecule has 0 amide bonds. The zero-order valence-corrected chi connectivity index (χ0v) is 30.8. The molecule has 4 aromatic rings. The number of carbonyl (C=O) groups is 2. The lowest BCUT2D eigenvalue weighted by atomic mass is 9.75. The molecule has 306 valence electrons. The molecule has 0 bridgehead atoms. The molecule has 2 saturated heterocycles. The molecule has 3 fully saturated rings. The van der Waals surface area contributed by atoms with Gasteiger partial charge in [-0.2, -0.15) is 41.4 Å². The second kappa shape index (κ2) is 16.1. The van der Waals surface area contributed by atoms with E-state index in [1.807, 2.05) is 6.92 Å². The van der Waals surface area contributed by atoms with Crippen LogP contribution < -0.4 is 10.1 Å². The van der Waals surface area contributed by atoms with Gasteiger partial charge in [0.25, 0.3) is 0 Å². The first-order chi connectivity index (χ1) is 26.1. The molecular weight excluding hydrogens is 788 g/mol. The van der Waals surface area contributed by atoms with Gasteiger partial charge in [0.2, 0.25) is 0 Å². The van der Waals surface area contributed by atoms with Crippen LogP contribution >= 0.6 is 11.6 Å². The van der Waals surface area contributed by atoms with Crippen molar-refractivity contribution in [3.63, 3.8) is 0 Å². The molecule has 1 saturated carbocycles. The Balaban J connectivity index is 0.000000367. The van der Waals surface area contributed by atoms with Crippen LogP contribution in [0.25, 0.3) is 33.1 Å². The van der Waals surface area contributed by atoms with Crippen molar-refractivity contribution in [2.75, 3.05) is 45.7 Å². The normalized spacial score (nSPS) is 20.5. The lowest BCUT2D eigenvalue weighted by molar-refractivity contribution is -0.193. The van der Waals surface area contributed by atoms with Gasteiger partial charge in [0.1, 0.15) is 29.8 Å². The second-order valence-electron chi connectivity index (χ2n) is 14.0. The molecule has 3 aliphatic rings. The summed E-state index contributed by atoms with van der Waals surface area (Å²) in [4.78, 5) is 36.1. The maximum Gasteiger partial charge on any atom is 0.490 e. The number of hydrogen-bond acceptors (Lipinski definition) is 10. The van der Waals surface area contributed by atoms with Crippen molar-refractivity contribution in [1.82, 2.24) is 34.9 Å². The summed E-state index contributed by atoms with van der Waals surface area (Å²) in [6.07, 6.45) is -2.22. The van der Waals surface area contributed by atoms with Gasteiger partial charge < -0.3 is 25.2 Å². The van der Waals surface area contributed by atoms with E-state index < -0.39 is 36.3 Å². The molecule has 56 heavy (non-hydrogen) atoms. The lowest BCUT2D eigenvalue weighted by Gasteiger charge is -2.47. The lowest BCUT2D eigenvalue weighted by Crippen LogP contribution is -2.54. The first kappa shape index (κ1) is 42.5. The summed E-state index contributed by atoms with van der Waals surface area (Å²) in [6, 6.07) is 1.84. The number of benzene rings is 1. The van der Waals surface area contributed by atoms with E-state index in [1.54, 1.807) is 18.5 Å². The van der Waals surface area contributed by atoms with Crippen molar-refractivity contribution in [2.45, 2.75) is 75.1 Å². The van der Waals surface area contributed by atoms with Crippen molar-refractivity contribution in [2.24, 2.45) is 0 Å². The standard InChI is InChI=1S/C30H35ClF2N8O.2C2HF3O2/c1-17-21(31)10-22-19(13-36-39-22)23(17)26-24(33)25-20(12-34-26)27(35-15-29(40(2)3)6-4-7-29)38-28(37-25)42-16-30-8-5-9-41(30)14-18(32)11-30;2*3-2(4,5)1(6)7/h10,12-13,18H,4-9,11,14-16H2,1-3H3,(H,36,39)(H,35,37,38);2*(H,6,7)/t18-,30+;;/m1../s1. The zero-order valence-electron chi connectivity index (χ0n) is 30.1. The third-order valence-electron chi connectivity index (χ3n) is 10.4. The molecule has 0 radical (unpaired) electrons. The Kier molecular flexibility index (Phi) is 12.2. The number of alkyl halides is 7. The zero-order chi connectivity index (χ0) is 41.4. The number of H-pyrrole nitrogens is 1. The van der Waals surface area contributed by atoms with Crippen molar-refractivity contribution < 1.29 is 59.7 Å². The van der Waals surface area contributed by atoms with Crippen molar-refractivity contribution >= 4 is 51.2 Å². The number of rotatable bonds is 8. The number of ether oxygens (including phenoxy) is 1. The number of pyridine rings is 1. The van der Waals surface area contributed by atoms with E-state index in [2.05, 4.69) is 49.4 Å². The number of carboxylic acids is 2. The number of fused-ring (bicyclic) bond motifs is 3. The number of aromatic amines is 1. The van der Waals surface area contributed by atoms with E-state index in [1.165, 1.54) is 0 Å². The predicted molar refractivity (Wildman–Crippen MR) is 187 cm³/mol. The van der Waals surface area contributed by atoms with Crippen LogP contribution in [0.4, 0.5) is 40.9 Å². The number of aliphatic carboxylic acids is 2. The summed E-state index contributed by atoms with van der Waals surface area (Å²) in [5.41, 5.74) is 1.80. The maximum absolute atomic E-state index is 16.6. The molecule has 2 aliphatic heterocycles. The Labute approximate surface area is 318 Å². The number of nitrogens with one attached hydrogen (secondary N) is 2. The van der Waals surface area contributed by atoms with Gasteiger partial charge in [0.05, 0.1) is 22.6 Å². The molecule has 1 aliphatic carbocycles. The Hall–Kier alpha value is -4.63. The van der Waals surface area contributed by atoms with Crippen LogP contribution in [0, 0.1) is 12.7 Å². The maximum atomic E-state index is 16.6. The highest BCUT2D eigenvalue weighted by atomic mass is 35.5. The monoisotopic (exact) mass is 824 g/mol. The van der Waals surface area contributed by atoms with Crippen molar-refractivity contribution in [3.8, 4) is 17.3 Å². The second-order valence-corrected chi connectivity index (χ2v) is 14.4. The average Bonchev–Trinajstić information content (AvgIpc) is 3.78. The molecule has 0 spiro atoms. The number of hydrogen-bond donors (Lipinski definition) is 4. The summed E-state index contributed by atoms with van der Waals surface area (Å²) < 4.78 is 101. The van der Waals surface area contributed by atoms with Gasteiger partial charge in [-0.25, -0.2) is 18.4 Å². The van der Waals surface area contributed by atoms with Gasteiger partial charge in [-0.3, -0.25) is 15.0 Å². The van der Waals surface area contributed by atoms with Gasteiger partial charge in [0.15, 0.2) is 5.82 Å². The summed E-state index contributed by atoms with van der Waals surface area (Å²) in [5, 5.41) is 26.4. The predicted octanol–water partition coefficient (Wildman–Crippen LogP) is 6.79. The summed E-state index contributed by atoms with van der Waals surface area (Å²) in [6.45, 7) is 4.00. The fourth-order valence-corrected chi connectivity index (χ4v) is 7.34. The molecule has 1 aromatic carbocycles. The molecule has 4 N–H and O–H groups in total. The van der Waals surface area contributed by atoms with Gasteiger partial charge in [-0.05, 0) is 71.3 Å². The van der Waals surface area contributed by atoms with Crippen LogP contribution in [0.3, 0.4) is 0 Å². The minimum atomic E-state index is -5.08. The van der Waals surface area contributed by atoms with Crippen molar-refractivity contribution in [3.05, 3.63) is 34.9 Å². The smallest absolute Gasteiger partial charge is 0.475 e. The highest BCUT2D eigenvalue weighted by Gasteiger charge is 2.49. The molecule has 0 unspecified atom stereocenters. The Bertz CT molecular complexity index is 2070. The molecule has 13 nitrogen and oxygen atoms in total. The fraction of sp³-hybridized carbons (Fsp3) is 0.529. The highest BCUT2D eigenvalue weighted by Crippen LogP contribution is 2.42. The topological polar surface area (TPSA) is 170 Å². The van der Waals surface area contributed by atoms with E-state index in [4.69, 9.17) is 41.1 Å². The number of carboxylic acid groups (broad SMARTS) is 2. The van der Waals surface area contributed by atoms with E-state index in [-0.39, 0.29) is 34.9 Å². The van der Waals surface area contributed by atoms with E-state index in [0.717, 1.165) is 38.6 Å². The van der Waals surface area contributed by atoms with E-state index in [0.29, 0.717) is 57.8 Å². The molecule has 7 rings (SSSR count). The van der Waals surface area contributed by atoms with Gasteiger partial charge >= 0.3 is 30.3 Å². The molecule has 3 aromatic heterocycles. The Morgan fingerprint density at radius 1 is 1.05 bits per heavy atom. The SMILES string of the molecule is Cc1c(Cl)cc2[nH]ncc2c1-c1ncc2c(NCC3(N(C)C)CCC3)nc(OC[C@@]34CCCN3C[C@H](F)C4)nc2c1F.O=C(O)C(F)(F)F.O=C(O)C(F)(F)F. The van der Waals surface area contributed by atoms with Crippen LogP contribution in [0.15, 0.2) is 18.5 Å². The summed E-state index contributed by atoms with van der Waals surface area (Å²) in [7, 11) is 4.16. The minimum absolute atomic E-state index is 0.00169. The van der Waals surface area contributed by atoms with Gasteiger partial charge in [-0.15, -0.1) is 0 Å². The Morgan fingerprint density at radius 3 is 2.27 bits per heavy atom. The minimum Gasteiger partial charge on any atom is -0.475 e. The molecule has 22 heteroatoms. The number of aromatic nitrogens is 5. The van der Waals surface area contributed by atoms with Crippen molar-refractivity contribution in [1.29, 1.82) is 0 Å². The molecule has 5 heterocycles. The number of anilines is 1. The number of likely N-dealkylation sites (N-methyl/N-ethyl adjacent to an activating group) is 1. The summed E-state index contributed by atoms with van der Waals surface area (Å²) >= 11 is 6.52. The van der Waals surface area contributed by atoms with Crippen LogP contribution in [-0.2, 0) is 9.59 Å².